The number of aliphatic hydroxyl groups is 1. The summed E-state index contributed by atoms with van der Waals surface area (Å²) in [6, 6.07) is 6.06. The Labute approximate surface area is 122 Å². The van der Waals surface area contributed by atoms with Crippen LogP contribution in [0.1, 0.15) is 18.1 Å². The Morgan fingerprint density at radius 2 is 2.14 bits per heavy atom. The van der Waals surface area contributed by atoms with Gasteiger partial charge in [-0.1, -0.05) is 18.7 Å². The Balaban J connectivity index is 2.44. The second-order valence-corrected chi connectivity index (χ2v) is 4.63. The van der Waals surface area contributed by atoms with Crippen LogP contribution in [-0.4, -0.2) is 21.3 Å². The largest absolute Gasteiger partial charge is 0.378 e. The van der Waals surface area contributed by atoms with Gasteiger partial charge in [0.15, 0.2) is 0 Å². The van der Waals surface area contributed by atoms with Crippen LogP contribution in [0.4, 0.5) is 4.39 Å². The van der Waals surface area contributed by atoms with E-state index in [1.807, 2.05) is 0 Å². The third-order valence-electron chi connectivity index (χ3n) is 3.15. The molecule has 1 N–H and O–H groups in total. The Bertz CT molecular complexity index is 658. The highest BCUT2D eigenvalue weighted by Crippen LogP contribution is 2.32. The van der Waals surface area contributed by atoms with E-state index < -0.39 is 5.60 Å². The fraction of sp³-hybridized carbons (Fsp3) is 0.188. The topological polar surface area (TPSA) is 58.4 Å². The molecule has 0 radical (unpaired) electrons. The number of rotatable bonds is 5. The Kier molecular flexibility index (Phi) is 4.55. The van der Waals surface area contributed by atoms with Gasteiger partial charge < -0.3 is 5.11 Å². The number of hydrogen-bond donors (Lipinski definition) is 1. The standard InChI is InChI=1S/C16H16FN3O/c1-3-20-12(2)16(21,14-9-18-11-19-10-14)8-13-5-4-6-15(17)7-13/h3-7,9-11,21H,2,8H2,1H3. The number of hydrogen-bond acceptors (Lipinski definition) is 4. The third kappa shape index (κ3) is 3.38. The molecule has 2 aromatic rings. The van der Waals surface area contributed by atoms with Gasteiger partial charge in [-0.05, 0) is 24.6 Å². The lowest BCUT2D eigenvalue weighted by Gasteiger charge is -2.28. The molecule has 4 nitrogen and oxygen atoms in total. The summed E-state index contributed by atoms with van der Waals surface area (Å²) in [5.74, 6) is -0.358. The van der Waals surface area contributed by atoms with Crippen LogP contribution in [0.2, 0.25) is 0 Å². The number of benzene rings is 1. The van der Waals surface area contributed by atoms with Crippen LogP contribution in [-0.2, 0) is 12.0 Å². The molecule has 0 aliphatic heterocycles. The first-order chi connectivity index (χ1) is 10.1. The molecule has 0 aliphatic carbocycles. The molecule has 0 aliphatic rings. The van der Waals surface area contributed by atoms with E-state index in [4.69, 9.17) is 0 Å². The van der Waals surface area contributed by atoms with Gasteiger partial charge >= 0.3 is 0 Å². The highest BCUT2D eigenvalue weighted by atomic mass is 19.1. The zero-order valence-corrected chi connectivity index (χ0v) is 11.7. The Morgan fingerprint density at radius 1 is 1.43 bits per heavy atom. The summed E-state index contributed by atoms with van der Waals surface area (Å²) in [5.41, 5.74) is -0.135. The normalized spacial score (nSPS) is 14.0. The number of aromatic nitrogens is 2. The molecule has 0 spiro atoms. The van der Waals surface area contributed by atoms with Crippen molar-refractivity contribution in [3.05, 3.63) is 72.2 Å². The SMILES string of the molecule is C=C(N=CC)C(O)(Cc1cccc(F)c1)c1cncnc1. The lowest BCUT2D eigenvalue weighted by atomic mass is 9.86. The molecule has 0 saturated heterocycles. The van der Waals surface area contributed by atoms with Gasteiger partial charge in [0.05, 0.1) is 5.70 Å². The fourth-order valence-corrected chi connectivity index (χ4v) is 2.09. The van der Waals surface area contributed by atoms with Crippen molar-refractivity contribution < 1.29 is 9.50 Å². The molecule has 0 fully saturated rings. The van der Waals surface area contributed by atoms with Crippen LogP contribution < -0.4 is 0 Å². The molecule has 21 heavy (non-hydrogen) atoms. The molecule has 1 heterocycles. The van der Waals surface area contributed by atoms with E-state index in [1.165, 1.54) is 30.9 Å². The van der Waals surface area contributed by atoms with Crippen molar-refractivity contribution in [3.63, 3.8) is 0 Å². The molecule has 5 heteroatoms. The minimum atomic E-state index is -1.48. The number of nitrogens with zero attached hydrogens (tertiary/aromatic N) is 3. The van der Waals surface area contributed by atoms with Crippen molar-refractivity contribution in [2.45, 2.75) is 18.9 Å². The number of halogens is 1. The van der Waals surface area contributed by atoms with E-state index in [0.717, 1.165) is 0 Å². The second-order valence-electron chi connectivity index (χ2n) is 4.63. The van der Waals surface area contributed by atoms with Crippen molar-refractivity contribution >= 4 is 6.21 Å². The van der Waals surface area contributed by atoms with Crippen LogP contribution in [0.3, 0.4) is 0 Å². The average molecular weight is 285 g/mol. The minimum Gasteiger partial charge on any atom is -0.378 e. The zero-order valence-electron chi connectivity index (χ0n) is 11.7. The van der Waals surface area contributed by atoms with Crippen LogP contribution in [0.15, 0.2) is 60.3 Å². The zero-order chi connectivity index (χ0) is 15.3. The summed E-state index contributed by atoms with van der Waals surface area (Å²) in [7, 11) is 0. The van der Waals surface area contributed by atoms with Crippen molar-refractivity contribution in [3.8, 4) is 0 Å². The molecule has 1 aromatic carbocycles. The fourth-order valence-electron chi connectivity index (χ4n) is 2.09. The predicted molar refractivity (Wildman–Crippen MR) is 79.3 cm³/mol. The monoisotopic (exact) mass is 285 g/mol. The van der Waals surface area contributed by atoms with Crippen LogP contribution in [0.25, 0.3) is 0 Å². The van der Waals surface area contributed by atoms with Gasteiger partial charge in [-0.15, -0.1) is 0 Å². The van der Waals surface area contributed by atoms with Crippen LogP contribution in [0.5, 0.6) is 0 Å². The summed E-state index contributed by atoms with van der Waals surface area (Å²) >= 11 is 0. The molecular formula is C16H16FN3O. The minimum absolute atomic E-state index is 0.133. The van der Waals surface area contributed by atoms with Crippen LogP contribution >= 0.6 is 0 Å². The van der Waals surface area contributed by atoms with E-state index in [0.29, 0.717) is 11.1 Å². The van der Waals surface area contributed by atoms with Gasteiger partial charge in [0.2, 0.25) is 0 Å². The second kappa shape index (κ2) is 6.37. The molecule has 108 valence electrons. The highest BCUT2D eigenvalue weighted by molar-refractivity contribution is 5.56. The van der Waals surface area contributed by atoms with E-state index in [-0.39, 0.29) is 17.9 Å². The van der Waals surface area contributed by atoms with E-state index in [2.05, 4.69) is 21.5 Å². The van der Waals surface area contributed by atoms with Crippen molar-refractivity contribution in [2.24, 2.45) is 4.99 Å². The van der Waals surface area contributed by atoms with Crippen molar-refractivity contribution in [1.82, 2.24) is 9.97 Å². The lowest BCUT2D eigenvalue weighted by Crippen LogP contribution is -2.30. The first-order valence-electron chi connectivity index (χ1n) is 6.46. The first kappa shape index (κ1) is 15.0. The molecule has 1 aromatic heterocycles. The number of aliphatic imine (C=N–C) groups is 1. The average Bonchev–Trinajstić information content (AvgIpc) is 2.48. The maximum atomic E-state index is 13.3. The van der Waals surface area contributed by atoms with Gasteiger partial charge in [-0.2, -0.15) is 0 Å². The highest BCUT2D eigenvalue weighted by Gasteiger charge is 2.33. The molecule has 0 amide bonds. The quantitative estimate of drug-likeness (QED) is 0.859. The molecule has 2 rings (SSSR count). The van der Waals surface area contributed by atoms with Gasteiger partial charge in [-0.25, -0.2) is 14.4 Å². The molecule has 1 atom stereocenters. The molecule has 0 saturated carbocycles. The predicted octanol–water partition coefficient (Wildman–Crippen LogP) is 2.65. The maximum Gasteiger partial charge on any atom is 0.138 e. The van der Waals surface area contributed by atoms with Gasteiger partial charge in [0.1, 0.15) is 17.7 Å². The van der Waals surface area contributed by atoms with Gasteiger partial charge in [0.25, 0.3) is 0 Å². The van der Waals surface area contributed by atoms with Crippen molar-refractivity contribution in [2.75, 3.05) is 0 Å². The summed E-state index contributed by atoms with van der Waals surface area (Å²) in [4.78, 5) is 11.9. The van der Waals surface area contributed by atoms with E-state index in [1.54, 1.807) is 25.3 Å². The summed E-state index contributed by atoms with van der Waals surface area (Å²) in [6.07, 6.45) is 6.06. The molecule has 0 bridgehead atoms. The van der Waals surface area contributed by atoms with E-state index >= 15 is 0 Å². The molecule has 1 unspecified atom stereocenters. The van der Waals surface area contributed by atoms with Gasteiger partial charge in [-0.3, -0.25) is 4.99 Å². The Morgan fingerprint density at radius 3 is 2.76 bits per heavy atom. The lowest BCUT2D eigenvalue weighted by molar-refractivity contribution is 0.0750. The summed E-state index contributed by atoms with van der Waals surface area (Å²) in [5, 5.41) is 11.0. The van der Waals surface area contributed by atoms with Crippen LogP contribution in [0, 0.1) is 5.82 Å². The first-order valence-corrected chi connectivity index (χ1v) is 6.46. The Hall–Kier alpha value is -2.40. The summed E-state index contributed by atoms with van der Waals surface area (Å²) in [6.45, 7) is 5.55. The van der Waals surface area contributed by atoms with Crippen molar-refractivity contribution in [1.29, 1.82) is 0 Å². The van der Waals surface area contributed by atoms with E-state index in [9.17, 15) is 9.50 Å². The smallest absolute Gasteiger partial charge is 0.138 e. The maximum absolute atomic E-state index is 13.3. The van der Waals surface area contributed by atoms with Gasteiger partial charge in [0, 0.05) is 30.6 Å². The third-order valence-corrected chi connectivity index (χ3v) is 3.15. The summed E-state index contributed by atoms with van der Waals surface area (Å²) < 4.78 is 13.3. The molecular weight excluding hydrogens is 269 g/mol.